The van der Waals surface area contributed by atoms with Crippen LogP contribution in [0.5, 0.6) is 5.75 Å². The van der Waals surface area contributed by atoms with Gasteiger partial charge in [0.25, 0.3) is 0 Å². The van der Waals surface area contributed by atoms with Crippen LogP contribution in [0.1, 0.15) is 16.7 Å². The fraction of sp³-hybridized carbons (Fsp3) is 0.250. The molecular formula is C16H16BrClFNO. The van der Waals surface area contributed by atoms with Crippen molar-refractivity contribution in [3.63, 3.8) is 0 Å². The van der Waals surface area contributed by atoms with Crippen molar-refractivity contribution >= 4 is 27.5 Å². The van der Waals surface area contributed by atoms with Gasteiger partial charge in [0.1, 0.15) is 18.2 Å². The largest absolute Gasteiger partial charge is 0.488 e. The predicted molar refractivity (Wildman–Crippen MR) is 87.4 cm³/mol. The van der Waals surface area contributed by atoms with E-state index in [1.165, 1.54) is 6.07 Å². The van der Waals surface area contributed by atoms with Crippen molar-refractivity contribution in [1.29, 1.82) is 0 Å². The first-order valence-electron chi connectivity index (χ1n) is 6.52. The van der Waals surface area contributed by atoms with Crippen LogP contribution in [-0.4, -0.2) is 7.05 Å². The highest BCUT2D eigenvalue weighted by molar-refractivity contribution is 9.10. The maximum absolute atomic E-state index is 13.4. The number of hydrogen-bond donors (Lipinski definition) is 1. The van der Waals surface area contributed by atoms with Crippen LogP contribution in [0, 0.1) is 12.7 Å². The van der Waals surface area contributed by atoms with Crippen LogP contribution >= 0.6 is 27.5 Å². The summed E-state index contributed by atoms with van der Waals surface area (Å²) in [6, 6.07) is 8.72. The lowest BCUT2D eigenvalue weighted by atomic mass is 10.1. The Kier molecular flexibility index (Phi) is 5.62. The van der Waals surface area contributed by atoms with E-state index in [2.05, 4.69) is 21.2 Å². The highest BCUT2D eigenvalue weighted by Gasteiger charge is 2.11. The van der Waals surface area contributed by atoms with E-state index < -0.39 is 5.82 Å². The molecule has 0 aromatic heterocycles. The van der Waals surface area contributed by atoms with E-state index in [4.69, 9.17) is 16.3 Å². The molecule has 0 amide bonds. The van der Waals surface area contributed by atoms with Crippen molar-refractivity contribution in [2.24, 2.45) is 0 Å². The molecule has 0 atom stereocenters. The number of halogens is 3. The van der Waals surface area contributed by atoms with E-state index in [9.17, 15) is 4.39 Å². The monoisotopic (exact) mass is 371 g/mol. The van der Waals surface area contributed by atoms with Gasteiger partial charge in [0.2, 0.25) is 0 Å². The molecule has 5 heteroatoms. The average Bonchev–Trinajstić information content (AvgIpc) is 2.42. The Morgan fingerprint density at radius 2 is 2.05 bits per heavy atom. The maximum Gasteiger partial charge on any atom is 0.142 e. The SMILES string of the molecule is CNCc1cc(Br)cc(C)c1OCc1cccc(F)c1Cl. The summed E-state index contributed by atoms with van der Waals surface area (Å²) in [5.74, 6) is 0.369. The van der Waals surface area contributed by atoms with E-state index in [0.29, 0.717) is 12.1 Å². The van der Waals surface area contributed by atoms with Gasteiger partial charge >= 0.3 is 0 Å². The standard InChI is InChI=1S/C16H16BrClFNO/c1-10-6-13(17)7-12(8-20-2)16(10)21-9-11-4-3-5-14(19)15(11)18/h3-7,20H,8-9H2,1-2H3. The third-order valence-corrected chi connectivity index (χ3v) is 3.97. The molecule has 2 aromatic carbocycles. The zero-order valence-corrected chi connectivity index (χ0v) is 14.2. The van der Waals surface area contributed by atoms with E-state index in [0.717, 1.165) is 21.3 Å². The predicted octanol–water partition coefficient (Wildman–Crippen LogP) is 4.85. The molecule has 0 saturated heterocycles. The molecule has 0 unspecified atom stereocenters. The topological polar surface area (TPSA) is 21.3 Å². The van der Waals surface area contributed by atoms with E-state index in [-0.39, 0.29) is 11.6 Å². The zero-order valence-electron chi connectivity index (χ0n) is 11.8. The van der Waals surface area contributed by atoms with E-state index in [1.54, 1.807) is 12.1 Å². The van der Waals surface area contributed by atoms with E-state index >= 15 is 0 Å². The first-order valence-corrected chi connectivity index (χ1v) is 7.69. The van der Waals surface area contributed by atoms with Crippen molar-refractivity contribution in [3.05, 3.63) is 62.3 Å². The summed E-state index contributed by atoms with van der Waals surface area (Å²) in [6.45, 7) is 2.90. The van der Waals surface area contributed by atoms with Crippen molar-refractivity contribution in [3.8, 4) is 5.75 Å². The fourth-order valence-electron chi connectivity index (χ4n) is 2.14. The Balaban J connectivity index is 2.25. The molecule has 1 N–H and O–H groups in total. The summed E-state index contributed by atoms with van der Waals surface area (Å²) >= 11 is 9.43. The minimum Gasteiger partial charge on any atom is -0.488 e. The molecule has 2 rings (SSSR count). The van der Waals surface area contributed by atoms with Crippen molar-refractivity contribution in [2.45, 2.75) is 20.1 Å². The van der Waals surface area contributed by atoms with Crippen LogP contribution in [0.25, 0.3) is 0 Å². The van der Waals surface area contributed by atoms with Crippen LogP contribution in [0.4, 0.5) is 4.39 Å². The quantitative estimate of drug-likeness (QED) is 0.810. The number of nitrogens with one attached hydrogen (secondary N) is 1. The second-order valence-corrected chi connectivity index (χ2v) is 6.04. The minimum atomic E-state index is -0.430. The first kappa shape index (κ1) is 16.3. The van der Waals surface area contributed by atoms with Crippen LogP contribution in [-0.2, 0) is 13.2 Å². The molecule has 2 aromatic rings. The van der Waals surface area contributed by atoms with Gasteiger partial charge in [-0.05, 0) is 37.7 Å². The molecule has 0 bridgehead atoms. The Morgan fingerprint density at radius 3 is 2.76 bits per heavy atom. The summed E-state index contributed by atoms with van der Waals surface area (Å²) in [5, 5.41) is 3.22. The second kappa shape index (κ2) is 7.25. The Bertz CT molecular complexity index is 648. The van der Waals surface area contributed by atoms with Gasteiger partial charge in [0, 0.05) is 22.1 Å². The van der Waals surface area contributed by atoms with Crippen LogP contribution in [0.2, 0.25) is 5.02 Å². The normalized spacial score (nSPS) is 10.7. The fourth-order valence-corrected chi connectivity index (χ4v) is 2.94. The number of hydrogen-bond acceptors (Lipinski definition) is 2. The highest BCUT2D eigenvalue weighted by atomic mass is 79.9. The smallest absolute Gasteiger partial charge is 0.142 e. The molecule has 0 heterocycles. The number of rotatable bonds is 5. The molecule has 112 valence electrons. The lowest BCUT2D eigenvalue weighted by Gasteiger charge is -2.15. The van der Waals surface area contributed by atoms with Crippen molar-refractivity contribution in [2.75, 3.05) is 7.05 Å². The third kappa shape index (κ3) is 3.96. The van der Waals surface area contributed by atoms with Gasteiger partial charge in [-0.3, -0.25) is 0 Å². The van der Waals surface area contributed by atoms with Gasteiger partial charge in [-0.25, -0.2) is 4.39 Å². The lowest BCUT2D eigenvalue weighted by Crippen LogP contribution is -2.09. The molecule has 21 heavy (non-hydrogen) atoms. The molecule has 0 spiro atoms. The average molecular weight is 373 g/mol. The van der Waals surface area contributed by atoms with Gasteiger partial charge in [-0.2, -0.15) is 0 Å². The van der Waals surface area contributed by atoms with Gasteiger partial charge in [-0.1, -0.05) is 39.7 Å². The van der Waals surface area contributed by atoms with Gasteiger partial charge in [0.15, 0.2) is 0 Å². The molecule has 0 radical (unpaired) electrons. The molecule has 0 saturated carbocycles. The number of aryl methyl sites for hydroxylation is 1. The summed E-state index contributed by atoms with van der Waals surface area (Å²) in [5.41, 5.74) is 2.69. The van der Waals surface area contributed by atoms with Crippen LogP contribution in [0.3, 0.4) is 0 Å². The Labute approximate surface area is 137 Å². The van der Waals surface area contributed by atoms with Gasteiger partial charge in [-0.15, -0.1) is 0 Å². The number of ether oxygens (including phenoxy) is 1. The summed E-state index contributed by atoms with van der Waals surface area (Å²) in [6.07, 6.45) is 0. The second-order valence-electron chi connectivity index (χ2n) is 4.74. The molecule has 0 aliphatic heterocycles. The van der Waals surface area contributed by atoms with E-state index in [1.807, 2.05) is 26.1 Å². The minimum absolute atomic E-state index is 0.113. The van der Waals surface area contributed by atoms with Gasteiger partial charge < -0.3 is 10.1 Å². The number of benzene rings is 2. The molecule has 0 fully saturated rings. The van der Waals surface area contributed by atoms with Crippen LogP contribution in [0.15, 0.2) is 34.8 Å². The van der Waals surface area contributed by atoms with Crippen molar-refractivity contribution < 1.29 is 9.13 Å². The molecule has 0 aliphatic carbocycles. The summed E-state index contributed by atoms with van der Waals surface area (Å²) in [4.78, 5) is 0. The highest BCUT2D eigenvalue weighted by Crippen LogP contribution is 2.30. The van der Waals surface area contributed by atoms with Gasteiger partial charge in [0.05, 0.1) is 5.02 Å². The van der Waals surface area contributed by atoms with Crippen LogP contribution < -0.4 is 10.1 Å². The summed E-state index contributed by atoms with van der Waals surface area (Å²) < 4.78 is 20.3. The first-order chi connectivity index (χ1) is 10.0. The molecule has 2 nitrogen and oxygen atoms in total. The Hall–Kier alpha value is -1.10. The van der Waals surface area contributed by atoms with Crippen molar-refractivity contribution in [1.82, 2.24) is 5.32 Å². The third-order valence-electron chi connectivity index (χ3n) is 3.09. The lowest BCUT2D eigenvalue weighted by molar-refractivity contribution is 0.299. The zero-order chi connectivity index (χ0) is 15.4. The molecule has 0 aliphatic rings. The maximum atomic E-state index is 13.4. The Morgan fingerprint density at radius 1 is 1.29 bits per heavy atom. The molecular weight excluding hydrogens is 357 g/mol. The summed E-state index contributed by atoms with van der Waals surface area (Å²) in [7, 11) is 1.88.